The summed E-state index contributed by atoms with van der Waals surface area (Å²) in [6.07, 6.45) is 2.87. The van der Waals surface area contributed by atoms with Crippen molar-refractivity contribution in [2.75, 3.05) is 6.54 Å². The van der Waals surface area contributed by atoms with Gasteiger partial charge in [0.1, 0.15) is 17.8 Å². The molecule has 8 nitrogen and oxygen atoms in total. The standard InChI is InChI=1S/C18H27ClN4O4/c1-11(2)15(21-16(24)12(3)22-19)18(26)23-8-4-7-14(23)17(25)20-10-13-6-5-9-27-13/h5-6,9,11-12,14-15,22H,4,7-8,10H2,1-3H3,(H,20,25)(H,21,24). The maximum Gasteiger partial charge on any atom is 0.246 e. The van der Waals surface area contributed by atoms with E-state index in [1.165, 1.54) is 0 Å². The molecule has 1 aromatic heterocycles. The molecule has 1 aliphatic rings. The molecule has 1 fully saturated rings. The van der Waals surface area contributed by atoms with Crippen LogP contribution in [0.15, 0.2) is 22.8 Å². The molecule has 3 atom stereocenters. The lowest BCUT2D eigenvalue weighted by Crippen LogP contribution is -2.56. The van der Waals surface area contributed by atoms with Crippen LogP contribution in [0.3, 0.4) is 0 Å². The van der Waals surface area contributed by atoms with Crippen LogP contribution in [0, 0.1) is 5.92 Å². The van der Waals surface area contributed by atoms with E-state index in [9.17, 15) is 14.4 Å². The van der Waals surface area contributed by atoms with Gasteiger partial charge in [-0.1, -0.05) is 13.8 Å². The summed E-state index contributed by atoms with van der Waals surface area (Å²) in [7, 11) is 0. The highest BCUT2D eigenvalue weighted by Gasteiger charge is 2.38. The van der Waals surface area contributed by atoms with E-state index in [0.29, 0.717) is 18.7 Å². The van der Waals surface area contributed by atoms with Crippen LogP contribution in [0.5, 0.6) is 0 Å². The van der Waals surface area contributed by atoms with Crippen molar-refractivity contribution in [2.24, 2.45) is 5.92 Å². The molecule has 150 valence electrons. The van der Waals surface area contributed by atoms with Crippen molar-refractivity contribution < 1.29 is 18.8 Å². The first-order valence-electron chi connectivity index (χ1n) is 9.12. The Kier molecular flexibility index (Phi) is 7.67. The molecule has 2 heterocycles. The maximum atomic E-state index is 13.0. The van der Waals surface area contributed by atoms with Crippen LogP contribution in [0.2, 0.25) is 0 Å². The van der Waals surface area contributed by atoms with Gasteiger partial charge in [0.2, 0.25) is 17.7 Å². The Balaban J connectivity index is 2.02. The number of halogens is 1. The number of amides is 3. The molecule has 1 aliphatic heterocycles. The molecule has 0 radical (unpaired) electrons. The van der Waals surface area contributed by atoms with E-state index in [2.05, 4.69) is 15.5 Å². The highest BCUT2D eigenvalue weighted by molar-refractivity contribution is 6.15. The molecule has 1 aromatic rings. The fraction of sp³-hybridized carbons (Fsp3) is 0.611. The zero-order valence-corrected chi connectivity index (χ0v) is 16.6. The number of likely N-dealkylation sites (tertiary alicyclic amines) is 1. The maximum absolute atomic E-state index is 13.0. The summed E-state index contributed by atoms with van der Waals surface area (Å²) in [5, 5.41) is 5.54. The van der Waals surface area contributed by atoms with E-state index in [4.69, 9.17) is 16.2 Å². The Labute approximate surface area is 164 Å². The van der Waals surface area contributed by atoms with Crippen molar-refractivity contribution in [3.63, 3.8) is 0 Å². The van der Waals surface area contributed by atoms with E-state index < -0.39 is 18.1 Å². The Morgan fingerprint density at radius 3 is 2.67 bits per heavy atom. The Morgan fingerprint density at radius 2 is 2.07 bits per heavy atom. The van der Waals surface area contributed by atoms with Crippen LogP contribution >= 0.6 is 11.8 Å². The van der Waals surface area contributed by atoms with Crippen LogP contribution in [0.25, 0.3) is 0 Å². The number of carbonyl (C=O) groups is 3. The predicted molar refractivity (Wildman–Crippen MR) is 101 cm³/mol. The normalized spacial score (nSPS) is 19.0. The van der Waals surface area contributed by atoms with Gasteiger partial charge < -0.3 is 20.0 Å². The Bertz CT molecular complexity index is 650. The van der Waals surface area contributed by atoms with Crippen LogP contribution in [0.1, 0.15) is 39.4 Å². The molecule has 3 N–H and O–H groups in total. The van der Waals surface area contributed by atoms with Crippen molar-refractivity contribution in [1.29, 1.82) is 0 Å². The van der Waals surface area contributed by atoms with Crippen molar-refractivity contribution in [3.05, 3.63) is 24.2 Å². The van der Waals surface area contributed by atoms with Crippen molar-refractivity contribution in [1.82, 2.24) is 20.4 Å². The lowest BCUT2D eigenvalue weighted by atomic mass is 10.0. The number of hydrogen-bond donors (Lipinski definition) is 3. The molecule has 0 saturated carbocycles. The summed E-state index contributed by atoms with van der Waals surface area (Å²) in [4.78, 5) is 41.6. The second-order valence-electron chi connectivity index (χ2n) is 7.05. The first kappa shape index (κ1) is 21.2. The van der Waals surface area contributed by atoms with Crippen LogP contribution < -0.4 is 15.5 Å². The average Bonchev–Trinajstić information content (AvgIpc) is 3.33. The second kappa shape index (κ2) is 9.75. The monoisotopic (exact) mass is 398 g/mol. The number of nitrogens with zero attached hydrogens (tertiary/aromatic N) is 1. The fourth-order valence-electron chi connectivity index (χ4n) is 3.03. The highest BCUT2D eigenvalue weighted by Crippen LogP contribution is 2.20. The Hall–Kier alpha value is -2.06. The van der Waals surface area contributed by atoms with Gasteiger partial charge in [0, 0.05) is 6.54 Å². The molecule has 3 amide bonds. The minimum atomic E-state index is -0.719. The minimum absolute atomic E-state index is 0.128. The molecule has 0 aliphatic carbocycles. The summed E-state index contributed by atoms with van der Waals surface area (Å²) in [6.45, 7) is 6.06. The van der Waals surface area contributed by atoms with Crippen molar-refractivity contribution in [2.45, 2.75) is 58.3 Å². The van der Waals surface area contributed by atoms with E-state index in [1.54, 1.807) is 30.2 Å². The quantitative estimate of drug-likeness (QED) is 0.570. The molecule has 3 unspecified atom stereocenters. The predicted octanol–water partition coefficient (Wildman–Crippen LogP) is 1.16. The zero-order chi connectivity index (χ0) is 20.0. The van der Waals surface area contributed by atoms with Crippen molar-refractivity contribution >= 4 is 29.5 Å². The first-order valence-corrected chi connectivity index (χ1v) is 9.50. The number of nitrogens with one attached hydrogen (secondary N) is 3. The fourth-order valence-corrected chi connectivity index (χ4v) is 3.13. The summed E-state index contributed by atoms with van der Waals surface area (Å²) in [5.74, 6) is -0.321. The molecule has 0 bridgehead atoms. The topological polar surface area (TPSA) is 104 Å². The highest BCUT2D eigenvalue weighted by atomic mass is 35.5. The molecule has 1 saturated heterocycles. The molecule has 0 aromatic carbocycles. The van der Waals surface area contributed by atoms with Gasteiger partial charge in [-0.25, -0.2) is 4.84 Å². The van der Waals surface area contributed by atoms with Gasteiger partial charge in [0.15, 0.2) is 0 Å². The van der Waals surface area contributed by atoms with Gasteiger partial charge in [0.25, 0.3) is 0 Å². The molecule has 2 rings (SSSR count). The lowest BCUT2D eigenvalue weighted by Gasteiger charge is -2.31. The van der Waals surface area contributed by atoms with Crippen LogP contribution in [-0.4, -0.2) is 47.3 Å². The van der Waals surface area contributed by atoms with Gasteiger partial charge in [-0.2, -0.15) is 0 Å². The van der Waals surface area contributed by atoms with Gasteiger partial charge in [-0.15, -0.1) is 0 Å². The lowest BCUT2D eigenvalue weighted by molar-refractivity contribution is -0.142. The van der Waals surface area contributed by atoms with E-state index in [1.807, 2.05) is 13.8 Å². The number of rotatable bonds is 8. The average molecular weight is 399 g/mol. The number of carbonyl (C=O) groups excluding carboxylic acids is 3. The third-order valence-corrected chi connectivity index (χ3v) is 4.97. The van der Waals surface area contributed by atoms with Gasteiger partial charge in [-0.3, -0.25) is 14.4 Å². The summed E-state index contributed by atoms with van der Waals surface area (Å²) < 4.78 is 5.21. The third kappa shape index (κ3) is 5.46. The molecule has 0 spiro atoms. The molecular weight excluding hydrogens is 372 g/mol. The second-order valence-corrected chi connectivity index (χ2v) is 7.27. The smallest absolute Gasteiger partial charge is 0.246 e. The molecular formula is C18H27ClN4O4. The van der Waals surface area contributed by atoms with E-state index in [0.717, 1.165) is 6.42 Å². The van der Waals surface area contributed by atoms with Gasteiger partial charge >= 0.3 is 0 Å². The summed E-state index contributed by atoms with van der Waals surface area (Å²) in [6, 6.07) is 1.62. The van der Waals surface area contributed by atoms with Crippen LogP contribution in [-0.2, 0) is 20.9 Å². The Morgan fingerprint density at radius 1 is 1.33 bits per heavy atom. The van der Waals surface area contributed by atoms with E-state index >= 15 is 0 Å². The largest absolute Gasteiger partial charge is 0.467 e. The number of furan rings is 1. The SMILES string of the molecule is CC(NCl)C(=O)NC(C(=O)N1CCCC1C(=O)NCc1ccco1)C(C)C. The zero-order valence-electron chi connectivity index (χ0n) is 15.8. The molecule has 27 heavy (non-hydrogen) atoms. The van der Waals surface area contributed by atoms with Crippen molar-refractivity contribution in [3.8, 4) is 0 Å². The summed E-state index contributed by atoms with van der Waals surface area (Å²) >= 11 is 5.49. The van der Waals surface area contributed by atoms with Gasteiger partial charge in [0.05, 0.1) is 18.8 Å². The number of hydrogen-bond acceptors (Lipinski definition) is 5. The molecule has 9 heteroatoms. The minimum Gasteiger partial charge on any atom is -0.467 e. The first-order chi connectivity index (χ1) is 12.8. The van der Waals surface area contributed by atoms with E-state index in [-0.39, 0.29) is 30.2 Å². The van der Waals surface area contributed by atoms with Gasteiger partial charge in [-0.05, 0) is 49.6 Å². The third-order valence-electron chi connectivity index (χ3n) is 4.64. The summed E-state index contributed by atoms with van der Waals surface area (Å²) in [5.41, 5.74) is 0. The van der Waals surface area contributed by atoms with Crippen LogP contribution in [0.4, 0.5) is 0 Å².